The van der Waals surface area contributed by atoms with Gasteiger partial charge >= 0.3 is 0 Å². The molecule has 0 amide bonds. The Kier molecular flexibility index (Phi) is 5.11. The molecule has 1 aliphatic heterocycles. The largest absolute Gasteiger partial charge is 0.291 e. The van der Waals surface area contributed by atoms with Crippen molar-refractivity contribution in [1.29, 1.82) is 0 Å². The molecule has 0 unspecified atom stereocenters. The topological polar surface area (TPSA) is 3.24 Å². The number of fused-ring (bicyclic) bond motifs is 3. The van der Waals surface area contributed by atoms with Gasteiger partial charge in [-0.1, -0.05) is 91.0 Å². The fourth-order valence-corrected chi connectivity index (χ4v) is 4.20. The van der Waals surface area contributed by atoms with Crippen molar-refractivity contribution in [3.05, 3.63) is 119 Å². The third-order valence-corrected chi connectivity index (χ3v) is 5.36. The maximum absolute atomic E-state index is 2.53. The van der Waals surface area contributed by atoms with Crippen molar-refractivity contribution in [3.63, 3.8) is 0 Å². The summed E-state index contributed by atoms with van der Waals surface area (Å²) in [6.45, 7) is 3.00. The summed E-state index contributed by atoms with van der Waals surface area (Å²) in [4.78, 5) is 2.53. The van der Waals surface area contributed by atoms with Crippen LogP contribution in [0.3, 0.4) is 0 Å². The Labute approximate surface area is 171 Å². The summed E-state index contributed by atoms with van der Waals surface area (Å²) in [5.41, 5.74) is 9.78. The minimum Gasteiger partial charge on any atom is -0.291 e. The molecule has 1 nitrogen and oxygen atoms in total. The lowest BCUT2D eigenvalue weighted by atomic mass is 9.96. The standard InChI is InChI=1S/C25H21N.BrH/c1-3-9-19(10-4-1)17-26-16-15-22-21-13-7-8-14-23(21)25(24(22)18-26)20-11-5-2-6-12-20;/h1-15H,16-18H2;1H. The van der Waals surface area contributed by atoms with Crippen LogP contribution in [0, 0.1) is 0 Å². The first kappa shape index (κ1) is 18.0. The Bertz CT molecular complexity index is 1000. The molecule has 27 heavy (non-hydrogen) atoms. The first-order valence-corrected chi connectivity index (χ1v) is 9.25. The van der Waals surface area contributed by atoms with Crippen LogP contribution in [0.15, 0.2) is 96.6 Å². The summed E-state index contributed by atoms with van der Waals surface area (Å²) in [5, 5.41) is 0. The van der Waals surface area contributed by atoms with Crippen LogP contribution in [0.25, 0.3) is 11.1 Å². The van der Waals surface area contributed by atoms with Crippen molar-refractivity contribution in [2.24, 2.45) is 0 Å². The molecule has 0 spiro atoms. The van der Waals surface area contributed by atoms with Crippen LogP contribution in [0.4, 0.5) is 0 Å². The molecule has 1 heterocycles. The van der Waals surface area contributed by atoms with Crippen LogP contribution in [0.2, 0.25) is 0 Å². The molecule has 3 aromatic rings. The fraction of sp³-hybridized carbons (Fsp3) is 0.120. The molecular weight excluding hydrogens is 394 g/mol. The monoisotopic (exact) mass is 415 g/mol. The maximum Gasteiger partial charge on any atom is 0.0253 e. The van der Waals surface area contributed by atoms with Gasteiger partial charge in [0, 0.05) is 19.6 Å². The SMILES string of the molecule is Br.C1=C2C(=C(c3ccccc3)c3ccccc32)CN(Cc2ccccc2)C1. The highest BCUT2D eigenvalue weighted by molar-refractivity contribution is 8.93. The summed E-state index contributed by atoms with van der Waals surface area (Å²) in [5.74, 6) is 0. The lowest BCUT2D eigenvalue weighted by Crippen LogP contribution is -2.29. The zero-order valence-electron chi connectivity index (χ0n) is 15.1. The van der Waals surface area contributed by atoms with Gasteiger partial charge in [0.1, 0.15) is 0 Å². The summed E-state index contributed by atoms with van der Waals surface area (Å²) in [6, 6.07) is 30.5. The third kappa shape index (κ3) is 3.31. The molecule has 0 radical (unpaired) electrons. The molecule has 1 aliphatic carbocycles. The molecule has 0 bridgehead atoms. The number of hydrogen-bond donors (Lipinski definition) is 0. The molecule has 3 aromatic carbocycles. The lowest BCUT2D eigenvalue weighted by molar-refractivity contribution is 0.318. The van der Waals surface area contributed by atoms with Crippen LogP contribution in [0.1, 0.15) is 22.3 Å². The normalized spacial score (nSPS) is 15.6. The second-order valence-corrected chi connectivity index (χ2v) is 7.04. The molecule has 5 rings (SSSR count). The van der Waals surface area contributed by atoms with E-state index in [9.17, 15) is 0 Å². The van der Waals surface area contributed by atoms with E-state index in [-0.39, 0.29) is 17.0 Å². The maximum atomic E-state index is 2.53. The van der Waals surface area contributed by atoms with Gasteiger partial charge in [-0.3, -0.25) is 4.90 Å². The van der Waals surface area contributed by atoms with E-state index in [2.05, 4.69) is 95.9 Å². The smallest absolute Gasteiger partial charge is 0.0253 e. The van der Waals surface area contributed by atoms with Crippen molar-refractivity contribution >= 4 is 28.1 Å². The Morgan fingerprint density at radius 3 is 2.07 bits per heavy atom. The zero-order valence-corrected chi connectivity index (χ0v) is 16.9. The number of halogens is 1. The van der Waals surface area contributed by atoms with Crippen LogP contribution >= 0.6 is 17.0 Å². The van der Waals surface area contributed by atoms with Gasteiger partial charge in [0.2, 0.25) is 0 Å². The first-order valence-electron chi connectivity index (χ1n) is 9.25. The van der Waals surface area contributed by atoms with Crippen molar-refractivity contribution < 1.29 is 0 Å². The summed E-state index contributed by atoms with van der Waals surface area (Å²) < 4.78 is 0. The van der Waals surface area contributed by atoms with E-state index in [4.69, 9.17) is 0 Å². The summed E-state index contributed by atoms with van der Waals surface area (Å²) >= 11 is 0. The fourth-order valence-electron chi connectivity index (χ4n) is 4.20. The van der Waals surface area contributed by atoms with Gasteiger partial charge in [0.25, 0.3) is 0 Å². The average molecular weight is 416 g/mol. The van der Waals surface area contributed by atoms with Gasteiger partial charge in [-0.25, -0.2) is 0 Å². The molecule has 0 saturated carbocycles. The van der Waals surface area contributed by atoms with E-state index in [1.165, 1.54) is 39.0 Å². The molecular formula is C25H22BrN. The molecule has 0 aromatic heterocycles. The number of rotatable bonds is 3. The molecule has 0 fully saturated rings. The Balaban J connectivity index is 0.00000180. The first-order chi connectivity index (χ1) is 12.9. The Morgan fingerprint density at radius 2 is 1.33 bits per heavy atom. The van der Waals surface area contributed by atoms with Crippen molar-refractivity contribution in [2.75, 3.05) is 13.1 Å². The highest BCUT2D eigenvalue weighted by Crippen LogP contribution is 2.45. The van der Waals surface area contributed by atoms with Crippen molar-refractivity contribution in [2.45, 2.75) is 6.54 Å². The van der Waals surface area contributed by atoms with Crippen LogP contribution in [0.5, 0.6) is 0 Å². The molecule has 0 atom stereocenters. The van der Waals surface area contributed by atoms with Gasteiger partial charge < -0.3 is 0 Å². The lowest BCUT2D eigenvalue weighted by Gasteiger charge is -2.27. The van der Waals surface area contributed by atoms with Gasteiger partial charge in [0.15, 0.2) is 0 Å². The Hall–Kier alpha value is -2.42. The molecule has 2 aliphatic rings. The van der Waals surface area contributed by atoms with Crippen molar-refractivity contribution in [1.82, 2.24) is 4.90 Å². The highest BCUT2D eigenvalue weighted by atomic mass is 79.9. The molecule has 134 valence electrons. The summed E-state index contributed by atoms with van der Waals surface area (Å²) in [6.07, 6.45) is 2.41. The molecule has 0 N–H and O–H groups in total. The van der Waals surface area contributed by atoms with Crippen LogP contribution < -0.4 is 0 Å². The number of hydrogen-bond acceptors (Lipinski definition) is 1. The van der Waals surface area contributed by atoms with Gasteiger partial charge in [-0.05, 0) is 39.0 Å². The van der Waals surface area contributed by atoms with E-state index in [1.54, 1.807) is 0 Å². The third-order valence-electron chi connectivity index (χ3n) is 5.36. The van der Waals surface area contributed by atoms with E-state index < -0.39 is 0 Å². The van der Waals surface area contributed by atoms with E-state index in [0.29, 0.717) is 0 Å². The predicted octanol–water partition coefficient (Wildman–Crippen LogP) is 5.98. The van der Waals surface area contributed by atoms with E-state index in [0.717, 1.165) is 19.6 Å². The number of benzene rings is 3. The second kappa shape index (κ2) is 7.67. The predicted molar refractivity (Wildman–Crippen MR) is 119 cm³/mol. The number of nitrogens with zero attached hydrogens (tertiary/aromatic N) is 1. The minimum atomic E-state index is 0. The summed E-state index contributed by atoms with van der Waals surface area (Å²) in [7, 11) is 0. The van der Waals surface area contributed by atoms with Gasteiger partial charge in [-0.15, -0.1) is 17.0 Å². The van der Waals surface area contributed by atoms with Crippen LogP contribution in [-0.4, -0.2) is 18.0 Å². The van der Waals surface area contributed by atoms with Gasteiger partial charge in [-0.2, -0.15) is 0 Å². The zero-order chi connectivity index (χ0) is 17.3. The van der Waals surface area contributed by atoms with Gasteiger partial charge in [0.05, 0.1) is 0 Å². The highest BCUT2D eigenvalue weighted by Gasteiger charge is 2.30. The minimum absolute atomic E-state index is 0. The van der Waals surface area contributed by atoms with Crippen LogP contribution in [-0.2, 0) is 6.54 Å². The van der Waals surface area contributed by atoms with Crippen molar-refractivity contribution in [3.8, 4) is 0 Å². The van der Waals surface area contributed by atoms with E-state index in [1.807, 2.05) is 0 Å². The molecule has 0 saturated heterocycles. The Morgan fingerprint density at radius 1 is 0.704 bits per heavy atom. The average Bonchev–Trinajstić information content (AvgIpc) is 3.03. The second-order valence-electron chi connectivity index (χ2n) is 7.04. The molecule has 2 heteroatoms. The van der Waals surface area contributed by atoms with E-state index >= 15 is 0 Å². The quantitative estimate of drug-likeness (QED) is 0.508.